The molecule has 1 aromatic rings. The van der Waals surface area contributed by atoms with Crippen LogP contribution in [0.5, 0.6) is 0 Å². The molecule has 0 aliphatic heterocycles. The average molecular weight is 264 g/mol. The van der Waals surface area contributed by atoms with E-state index >= 15 is 0 Å². The molecule has 0 saturated heterocycles. The Balaban J connectivity index is 2.57. The van der Waals surface area contributed by atoms with Crippen molar-refractivity contribution in [1.29, 1.82) is 0 Å². The molecule has 0 saturated carbocycles. The largest absolute Gasteiger partial charge is 0.389 e. The molecule has 0 fully saturated rings. The summed E-state index contributed by atoms with van der Waals surface area (Å²) in [5.41, 5.74) is 7.30. The number of thiocarbonyl (C=S) groups is 1. The topological polar surface area (TPSA) is 55.1 Å². The molecule has 4 heteroatoms. The average Bonchev–Trinajstić information content (AvgIpc) is 2.29. The molecular formula is C14H20N2OS. The first-order chi connectivity index (χ1) is 8.40. The molecule has 3 N–H and O–H groups in total. The van der Waals surface area contributed by atoms with Crippen LogP contribution in [0.4, 0.5) is 0 Å². The van der Waals surface area contributed by atoms with Gasteiger partial charge < -0.3 is 11.1 Å². The van der Waals surface area contributed by atoms with Gasteiger partial charge in [-0.2, -0.15) is 0 Å². The van der Waals surface area contributed by atoms with Crippen LogP contribution in [0.25, 0.3) is 0 Å². The highest BCUT2D eigenvalue weighted by Crippen LogP contribution is 2.06. The number of carbonyl (C=O) groups excluding carboxylic acids is 1. The summed E-state index contributed by atoms with van der Waals surface area (Å²) < 4.78 is 0. The van der Waals surface area contributed by atoms with Gasteiger partial charge in [0.25, 0.3) is 0 Å². The minimum atomic E-state index is 0.0410. The summed E-state index contributed by atoms with van der Waals surface area (Å²) in [5.74, 6) is 0.477. The van der Waals surface area contributed by atoms with Gasteiger partial charge in [0.2, 0.25) is 5.91 Å². The van der Waals surface area contributed by atoms with Crippen LogP contribution in [0, 0.1) is 5.92 Å². The van der Waals surface area contributed by atoms with Gasteiger partial charge in [-0.05, 0) is 18.4 Å². The first kappa shape index (κ1) is 14.6. The Morgan fingerprint density at radius 1 is 1.28 bits per heavy atom. The summed E-state index contributed by atoms with van der Waals surface area (Å²) in [5, 5.41) is 2.98. The number of benzene rings is 1. The van der Waals surface area contributed by atoms with Crippen LogP contribution in [-0.2, 0) is 11.2 Å². The van der Waals surface area contributed by atoms with Gasteiger partial charge in [0.05, 0.1) is 6.42 Å². The quantitative estimate of drug-likeness (QED) is 0.800. The van der Waals surface area contributed by atoms with E-state index in [0.29, 0.717) is 17.3 Å². The van der Waals surface area contributed by atoms with Gasteiger partial charge in [0.1, 0.15) is 4.99 Å². The molecular weight excluding hydrogens is 244 g/mol. The van der Waals surface area contributed by atoms with E-state index in [1.165, 1.54) is 0 Å². The van der Waals surface area contributed by atoms with Crippen LogP contribution in [0.15, 0.2) is 24.3 Å². The first-order valence-corrected chi connectivity index (χ1v) is 6.49. The SMILES string of the molecule is CC(C)C(C)NC(=O)Cc1ccc(C(N)=S)cc1. The minimum absolute atomic E-state index is 0.0410. The van der Waals surface area contributed by atoms with Crippen molar-refractivity contribution >= 4 is 23.1 Å². The lowest BCUT2D eigenvalue weighted by Gasteiger charge is -2.17. The Morgan fingerprint density at radius 2 is 1.83 bits per heavy atom. The Kier molecular flexibility index (Phi) is 5.28. The second-order valence-corrected chi connectivity index (χ2v) is 5.28. The van der Waals surface area contributed by atoms with Crippen LogP contribution in [0.3, 0.4) is 0 Å². The second-order valence-electron chi connectivity index (χ2n) is 4.84. The van der Waals surface area contributed by atoms with E-state index < -0.39 is 0 Å². The smallest absolute Gasteiger partial charge is 0.224 e. The van der Waals surface area contributed by atoms with E-state index in [1.54, 1.807) is 0 Å². The maximum Gasteiger partial charge on any atom is 0.224 e. The third-order valence-electron chi connectivity index (χ3n) is 2.99. The summed E-state index contributed by atoms with van der Waals surface area (Å²) in [6.45, 7) is 6.18. The van der Waals surface area contributed by atoms with Crippen LogP contribution in [0.1, 0.15) is 31.9 Å². The third-order valence-corrected chi connectivity index (χ3v) is 3.23. The minimum Gasteiger partial charge on any atom is -0.389 e. The normalized spacial score (nSPS) is 12.2. The van der Waals surface area contributed by atoms with Gasteiger partial charge in [-0.1, -0.05) is 50.3 Å². The number of nitrogens with one attached hydrogen (secondary N) is 1. The molecule has 0 spiro atoms. The fourth-order valence-corrected chi connectivity index (χ4v) is 1.58. The first-order valence-electron chi connectivity index (χ1n) is 6.08. The zero-order chi connectivity index (χ0) is 13.7. The monoisotopic (exact) mass is 264 g/mol. The van der Waals surface area contributed by atoms with Crippen molar-refractivity contribution in [3.63, 3.8) is 0 Å². The summed E-state index contributed by atoms with van der Waals surface area (Å²) in [4.78, 5) is 12.2. The number of rotatable bonds is 5. The van der Waals surface area contributed by atoms with Crippen molar-refractivity contribution < 1.29 is 4.79 Å². The molecule has 0 aliphatic carbocycles. The predicted molar refractivity (Wildman–Crippen MR) is 78.5 cm³/mol. The molecule has 1 rings (SSSR count). The lowest BCUT2D eigenvalue weighted by Crippen LogP contribution is -2.37. The molecule has 1 amide bonds. The summed E-state index contributed by atoms with van der Waals surface area (Å²) in [6.07, 6.45) is 0.384. The summed E-state index contributed by atoms with van der Waals surface area (Å²) >= 11 is 4.88. The van der Waals surface area contributed by atoms with Gasteiger partial charge in [0, 0.05) is 11.6 Å². The van der Waals surface area contributed by atoms with Gasteiger partial charge >= 0.3 is 0 Å². The Morgan fingerprint density at radius 3 is 2.28 bits per heavy atom. The van der Waals surface area contributed by atoms with Crippen LogP contribution in [-0.4, -0.2) is 16.9 Å². The molecule has 98 valence electrons. The Bertz CT molecular complexity index is 426. The fourth-order valence-electron chi connectivity index (χ4n) is 1.44. The molecule has 0 aromatic heterocycles. The third kappa shape index (κ3) is 4.45. The maximum atomic E-state index is 11.8. The van der Waals surface area contributed by atoms with Crippen molar-refractivity contribution in [1.82, 2.24) is 5.32 Å². The molecule has 0 bridgehead atoms. The van der Waals surface area contributed by atoms with Crippen molar-refractivity contribution in [3.8, 4) is 0 Å². The number of amides is 1. The van der Waals surface area contributed by atoms with Gasteiger partial charge in [-0.3, -0.25) is 4.79 Å². The van der Waals surface area contributed by atoms with E-state index in [4.69, 9.17) is 18.0 Å². The van der Waals surface area contributed by atoms with E-state index in [1.807, 2.05) is 31.2 Å². The molecule has 0 radical (unpaired) electrons. The number of hydrogen-bond acceptors (Lipinski definition) is 2. The molecule has 1 unspecified atom stereocenters. The van der Waals surface area contributed by atoms with Crippen molar-refractivity contribution in [2.45, 2.75) is 33.2 Å². The van der Waals surface area contributed by atoms with Crippen molar-refractivity contribution in [2.75, 3.05) is 0 Å². The lowest BCUT2D eigenvalue weighted by molar-refractivity contribution is -0.121. The molecule has 0 heterocycles. The van der Waals surface area contributed by atoms with Crippen LogP contribution < -0.4 is 11.1 Å². The zero-order valence-corrected chi connectivity index (χ0v) is 11.9. The zero-order valence-electron chi connectivity index (χ0n) is 11.1. The summed E-state index contributed by atoms with van der Waals surface area (Å²) in [6, 6.07) is 7.64. The van der Waals surface area contributed by atoms with Gasteiger partial charge in [-0.25, -0.2) is 0 Å². The maximum absolute atomic E-state index is 11.8. The molecule has 1 aromatic carbocycles. The standard InChI is InChI=1S/C14H20N2OS/c1-9(2)10(3)16-13(17)8-11-4-6-12(7-5-11)14(15)18/h4-7,9-10H,8H2,1-3H3,(H2,15,18)(H,16,17). The highest BCUT2D eigenvalue weighted by molar-refractivity contribution is 7.80. The van der Waals surface area contributed by atoms with E-state index in [-0.39, 0.29) is 11.9 Å². The highest BCUT2D eigenvalue weighted by atomic mass is 32.1. The Hall–Kier alpha value is -1.42. The van der Waals surface area contributed by atoms with Crippen molar-refractivity contribution in [3.05, 3.63) is 35.4 Å². The lowest BCUT2D eigenvalue weighted by atomic mass is 10.1. The number of nitrogens with two attached hydrogens (primary N) is 1. The Labute approximate surface area is 114 Å². The molecule has 1 atom stereocenters. The fraction of sp³-hybridized carbons (Fsp3) is 0.429. The number of hydrogen-bond donors (Lipinski definition) is 2. The van der Waals surface area contributed by atoms with E-state index in [0.717, 1.165) is 11.1 Å². The molecule has 3 nitrogen and oxygen atoms in total. The van der Waals surface area contributed by atoms with Crippen LogP contribution >= 0.6 is 12.2 Å². The van der Waals surface area contributed by atoms with Crippen molar-refractivity contribution in [2.24, 2.45) is 11.7 Å². The van der Waals surface area contributed by atoms with Gasteiger partial charge in [0.15, 0.2) is 0 Å². The molecule has 18 heavy (non-hydrogen) atoms. The van der Waals surface area contributed by atoms with Crippen LogP contribution in [0.2, 0.25) is 0 Å². The second kappa shape index (κ2) is 6.50. The van der Waals surface area contributed by atoms with Gasteiger partial charge in [-0.15, -0.1) is 0 Å². The van der Waals surface area contributed by atoms with E-state index in [9.17, 15) is 4.79 Å². The predicted octanol–water partition coefficient (Wildman–Crippen LogP) is 2.02. The summed E-state index contributed by atoms with van der Waals surface area (Å²) in [7, 11) is 0. The molecule has 0 aliphatic rings. The highest BCUT2D eigenvalue weighted by Gasteiger charge is 2.11. The van der Waals surface area contributed by atoms with E-state index in [2.05, 4.69) is 19.2 Å². The number of carbonyl (C=O) groups is 1.